The van der Waals surface area contributed by atoms with E-state index in [1.165, 1.54) is 11.7 Å². The summed E-state index contributed by atoms with van der Waals surface area (Å²) in [5, 5.41) is 12.2. The van der Waals surface area contributed by atoms with Crippen molar-refractivity contribution in [2.75, 3.05) is 7.05 Å². The Morgan fingerprint density at radius 3 is 3.08 bits per heavy atom. The molecule has 0 aliphatic heterocycles. The van der Waals surface area contributed by atoms with Gasteiger partial charge in [-0.05, 0) is 6.07 Å². The van der Waals surface area contributed by atoms with E-state index in [1.54, 1.807) is 24.7 Å². The molecular weight excluding hydrogens is 156 g/mol. The normalized spacial score (nSPS) is 9.00. The topological polar surface area (TPSA) is 61.9 Å². The fourth-order valence-corrected chi connectivity index (χ4v) is 0.694. The molecule has 0 aliphatic rings. The van der Waals surface area contributed by atoms with Crippen molar-refractivity contribution in [1.29, 1.82) is 5.26 Å². The molecule has 1 aromatic rings. The standard InChI is InChI=1S/C7H8N4O/c1-10(6-8)7(12)5-11-4-2-3-9-11/h2-4H,5H2,1H3. The Hall–Kier alpha value is -1.83. The molecule has 1 aromatic heterocycles. The Balaban J connectivity index is 2.54. The van der Waals surface area contributed by atoms with Crippen LogP contribution in [0.15, 0.2) is 18.5 Å². The number of amides is 1. The number of hydrogen-bond acceptors (Lipinski definition) is 3. The van der Waals surface area contributed by atoms with Crippen LogP contribution in [0.25, 0.3) is 0 Å². The van der Waals surface area contributed by atoms with E-state index < -0.39 is 0 Å². The molecule has 12 heavy (non-hydrogen) atoms. The van der Waals surface area contributed by atoms with Gasteiger partial charge in [0.15, 0.2) is 6.19 Å². The van der Waals surface area contributed by atoms with Crippen LogP contribution in [0.2, 0.25) is 0 Å². The molecule has 62 valence electrons. The third-order valence-electron chi connectivity index (χ3n) is 1.38. The van der Waals surface area contributed by atoms with Gasteiger partial charge in [-0.3, -0.25) is 14.4 Å². The molecule has 0 saturated carbocycles. The molecule has 0 saturated heterocycles. The van der Waals surface area contributed by atoms with Gasteiger partial charge in [-0.15, -0.1) is 0 Å². The van der Waals surface area contributed by atoms with Crippen LogP contribution in [0.1, 0.15) is 0 Å². The summed E-state index contributed by atoms with van der Waals surface area (Å²) in [7, 11) is 1.42. The maximum absolute atomic E-state index is 11.1. The minimum absolute atomic E-state index is 0.108. The van der Waals surface area contributed by atoms with Crippen molar-refractivity contribution < 1.29 is 4.79 Å². The van der Waals surface area contributed by atoms with Crippen LogP contribution in [0.3, 0.4) is 0 Å². The molecule has 0 aliphatic carbocycles. The zero-order valence-corrected chi connectivity index (χ0v) is 6.64. The lowest BCUT2D eigenvalue weighted by Gasteiger charge is -2.05. The minimum atomic E-state index is -0.277. The Kier molecular flexibility index (Phi) is 2.43. The van der Waals surface area contributed by atoms with Crippen molar-refractivity contribution in [1.82, 2.24) is 14.7 Å². The van der Waals surface area contributed by atoms with E-state index in [0.717, 1.165) is 4.90 Å². The van der Waals surface area contributed by atoms with Crippen molar-refractivity contribution in [3.8, 4) is 6.19 Å². The Labute approximate surface area is 69.8 Å². The summed E-state index contributed by atoms with van der Waals surface area (Å²) in [4.78, 5) is 12.1. The van der Waals surface area contributed by atoms with E-state index >= 15 is 0 Å². The predicted octanol–water partition coefficient (Wildman–Crippen LogP) is -0.177. The summed E-state index contributed by atoms with van der Waals surface area (Å²) in [6, 6.07) is 1.72. The molecule has 0 unspecified atom stereocenters. The largest absolute Gasteiger partial charge is 0.272 e. The lowest BCUT2D eigenvalue weighted by Crippen LogP contribution is -2.25. The molecule has 0 radical (unpaired) electrons. The van der Waals surface area contributed by atoms with E-state index in [1.807, 2.05) is 0 Å². The molecule has 0 N–H and O–H groups in total. The van der Waals surface area contributed by atoms with E-state index in [0.29, 0.717) is 0 Å². The van der Waals surface area contributed by atoms with Crippen LogP contribution in [0.5, 0.6) is 0 Å². The van der Waals surface area contributed by atoms with Crippen LogP contribution in [-0.4, -0.2) is 27.6 Å². The number of aromatic nitrogens is 2. The fourth-order valence-electron chi connectivity index (χ4n) is 0.694. The van der Waals surface area contributed by atoms with Crippen molar-refractivity contribution >= 4 is 5.91 Å². The number of likely N-dealkylation sites (N-methyl/N-ethyl adjacent to an activating group) is 1. The van der Waals surface area contributed by atoms with Crippen LogP contribution >= 0.6 is 0 Å². The Morgan fingerprint density at radius 1 is 1.83 bits per heavy atom. The lowest BCUT2D eigenvalue weighted by atomic mass is 10.5. The summed E-state index contributed by atoms with van der Waals surface area (Å²) in [6.45, 7) is 0.108. The molecule has 0 fully saturated rings. The molecule has 0 spiro atoms. The first-order valence-corrected chi connectivity index (χ1v) is 3.38. The maximum Gasteiger partial charge on any atom is 0.257 e. The Morgan fingerprint density at radius 2 is 2.58 bits per heavy atom. The first-order chi connectivity index (χ1) is 5.74. The molecule has 0 bridgehead atoms. The zero-order chi connectivity index (χ0) is 8.97. The fraction of sp³-hybridized carbons (Fsp3) is 0.286. The smallest absolute Gasteiger partial charge is 0.257 e. The van der Waals surface area contributed by atoms with Gasteiger partial charge in [-0.1, -0.05) is 0 Å². The second-order valence-corrected chi connectivity index (χ2v) is 2.26. The van der Waals surface area contributed by atoms with Crippen LogP contribution in [0, 0.1) is 11.5 Å². The van der Waals surface area contributed by atoms with E-state index in [4.69, 9.17) is 5.26 Å². The Bertz CT molecular complexity index is 298. The van der Waals surface area contributed by atoms with Crippen molar-refractivity contribution in [3.05, 3.63) is 18.5 Å². The third-order valence-corrected chi connectivity index (χ3v) is 1.38. The zero-order valence-electron chi connectivity index (χ0n) is 6.64. The predicted molar refractivity (Wildman–Crippen MR) is 40.6 cm³/mol. The third kappa shape index (κ3) is 1.83. The molecule has 5 nitrogen and oxygen atoms in total. The maximum atomic E-state index is 11.1. The first kappa shape index (κ1) is 8.27. The van der Waals surface area contributed by atoms with Gasteiger partial charge in [0, 0.05) is 19.4 Å². The molecule has 5 heteroatoms. The van der Waals surface area contributed by atoms with Gasteiger partial charge < -0.3 is 0 Å². The van der Waals surface area contributed by atoms with Gasteiger partial charge in [0.25, 0.3) is 5.91 Å². The van der Waals surface area contributed by atoms with Crippen molar-refractivity contribution in [2.45, 2.75) is 6.54 Å². The van der Waals surface area contributed by atoms with Crippen LogP contribution < -0.4 is 0 Å². The molecule has 0 atom stereocenters. The van der Waals surface area contributed by atoms with Crippen molar-refractivity contribution in [3.63, 3.8) is 0 Å². The van der Waals surface area contributed by atoms with Crippen LogP contribution in [-0.2, 0) is 11.3 Å². The summed E-state index contributed by atoms with van der Waals surface area (Å²) in [5.74, 6) is -0.277. The SMILES string of the molecule is CN(C#N)C(=O)Cn1cccn1. The quantitative estimate of drug-likeness (QED) is 0.450. The number of rotatable bonds is 2. The summed E-state index contributed by atoms with van der Waals surface area (Å²) < 4.78 is 1.47. The van der Waals surface area contributed by atoms with Gasteiger partial charge in [-0.2, -0.15) is 10.4 Å². The number of hydrogen-bond donors (Lipinski definition) is 0. The van der Waals surface area contributed by atoms with Crippen molar-refractivity contribution in [2.24, 2.45) is 0 Å². The van der Waals surface area contributed by atoms with Crippen LogP contribution in [0.4, 0.5) is 0 Å². The number of carbonyl (C=O) groups excluding carboxylic acids is 1. The lowest BCUT2D eigenvalue weighted by molar-refractivity contribution is -0.127. The monoisotopic (exact) mass is 164 g/mol. The van der Waals surface area contributed by atoms with Gasteiger partial charge >= 0.3 is 0 Å². The number of nitrogens with zero attached hydrogens (tertiary/aromatic N) is 4. The molecule has 0 aromatic carbocycles. The first-order valence-electron chi connectivity index (χ1n) is 3.38. The highest BCUT2D eigenvalue weighted by Gasteiger charge is 2.07. The summed E-state index contributed by atoms with van der Waals surface area (Å²) in [6.07, 6.45) is 4.97. The van der Waals surface area contributed by atoms with E-state index in [9.17, 15) is 4.79 Å². The summed E-state index contributed by atoms with van der Waals surface area (Å²) in [5.41, 5.74) is 0. The molecule has 1 amide bonds. The average molecular weight is 164 g/mol. The average Bonchev–Trinajstić information content (AvgIpc) is 2.55. The highest BCUT2D eigenvalue weighted by Crippen LogP contribution is 1.88. The van der Waals surface area contributed by atoms with E-state index in [2.05, 4.69) is 5.10 Å². The second-order valence-electron chi connectivity index (χ2n) is 2.26. The molecule has 1 rings (SSSR count). The minimum Gasteiger partial charge on any atom is -0.272 e. The highest BCUT2D eigenvalue weighted by atomic mass is 16.2. The van der Waals surface area contributed by atoms with Gasteiger partial charge in [0.2, 0.25) is 0 Å². The molecule has 1 heterocycles. The van der Waals surface area contributed by atoms with Gasteiger partial charge in [0.1, 0.15) is 6.54 Å². The molecular formula is C7H8N4O. The highest BCUT2D eigenvalue weighted by molar-refractivity contribution is 5.76. The second kappa shape index (κ2) is 3.53. The number of carbonyl (C=O) groups is 1. The van der Waals surface area contributed by atoms with E-state index in [-0.39, 0.29) is 12.5 Å². The number of nitriles is 1. The van der Waals surface area contributed by atoms with Gasteiger partial charge in [-0.25, -0.2) is 0 Å². The van der Waals surface area contributed by atoms with Gasteiger partial charge in [0.05, 0.1) is 0 Å². The summed E-state index contributed by atoms with van der Waals surface area (Å²) >= 11 is 0.